The minimum Gasteiger partial charge on any atom is -0.406 e. The molecule has 0 unspecified atom stereocenters. The van der Waals surface area contributed by atoms with Crippen LogP contribution in [0.1, 0.15) is 6.92 Å². The number of hydrogen-bond acceptors (Lipinski definition) is 4. The predicted octanol–water partition coefficient (Wildman–Crippen LogP) is 1.03. The quantitative estimate of drug-likeness (QED) is 0.704. The van der Waals surface area contributed by atoms with Crippen LogP contribution in [0.15, 0.2) is 27.5 Å². The number of pyridine rings is 1. The molecule has 0 N–H and O–H groups in total. The Morgan fingerprint density at radius 1 is 1.60 bits per heavy atom. The van der Waals surface area contributed by atoms with Crippen molar-refractivity contribution in [2.75, 3.05) is 13.2 Å². The number of aromatic nitrogens is 2. The fraction of sp³-hybridized carbons (Fsp3) is 0.400. The third kappa shape index (κ3) is 1.92. The normalized spacial score (nSPS) is 11.0. The van der Waals surface area contributed by atoms with E-state index < -0.39 is 0 Å². The predicted molar refractivity (Wildman–Crippen MR) is 54.8 cm³/mol. The Morgan fingerprint density at radius 3 is 3.27 bits per heavy atom. The maximum Gasteiger partial charge on any atom is 0.421 e. The van der Waals surface area contributed by atoms with E-state index in [0.29, 0.717) is 31.0 Å². The lowest BCUT2D eigenvalue weighted by atomic mass is 10.4. The highest BCUT2D eigenvalue weighted by Gasteiger charge is 2.08. The van der Waals surface area contributed by atoms with Crippen molar-refractivity contribution in [2.45, 2.75) is 13.5 Å². The van der Waals surface area contributed by atoms with Crippen LogP contribution in [0.4, 0.5) is 0 Å². The molecule has 0 amide bonds. The SMILES string of the molecule is CCOCCn1c(=O)oc2cccnc21. The second kappa shape index (κ2) is 4.27. The van der Waals surface area contributed by atoms with Crippen LogP contribution < -0.4 is 5.76 Å². The van der Waals surface area contributed by atoms with Gasteiger partial charge in [-0.1, -0.05) is 0 Å². The monoisotopic (exact) mass is 208 g/mol. The van der Waals surface area contributed by atoms with Gasteiger partial charge in [0.05, 0.1) is 13.2 Å². The largest absolute Gasteiger partial charge is 0.421 e. The van der Waals surface area contributed by atoms with Gasteiger partial charge in [0.1, 0.15) is 0 Å². The second-order valence-corrected chi connectivity index (χ2v) is 3.04. The third-order valence-electron chi connectivity index (χ3n) is 2.09. The Hall–Kier alpha value is -1.62. The topological polar surface area (TPSA) is 57.3 Å². The number of ether oxygens (including phenoxy) is 1. The van der Waals surface area contributed by atoms with Crippen LogP contribution in [0.3, 0.4) is 0 Å². The first-order valence-electron chi connectivity index (χ1n) is 4.85. The molecular formula is C10H12N2O3. The molecule has 0 atom stereocenters. The highest BCUT2D eigenvalue weighted by molar-refractivity contribution is 5.67. The Labute approximate surface area is 86.3 Å². The maximum absolute atomic E-state index is 11.4. The first-order chi connectivity index (χ1) is 7.33. The fourth-order valence-corrected chi connectivity index (χ4v) is 1.40. The van der Waals surface area contributed by atoms with Crippen LogP contribution in [-0.4, -0.2) is 22.8 Å². The van der Waals surface area contributed by atoms with Crippen LogP contribution in [0.5, 0.6) is 0 Å². The molecule has 2 rings (SSSR count). The molecule has 2 aromatic rings. The van der Waals surface area contributed by atoms with Gasteiger partial charge < -0.3 is 9.15 Å². The third-order valence-corrected chi connectivity index (χ3v) is 2.09. The van der Waals surface area contributed by atoms with Crippen molar-refractivity contribution in [1.82, 2.24) is 9.55 Å². The molecule has 0 radical (unpaired) electrons. The van der Waals surface area contributed by atoms with Gasteiger partial charge in [0.25, 0.3) is 0 Å². The number of hydrogen-bond donors (Lipinski definition) is 0. The van der Waals surface area contributed by atoms with E-state index in [4.69, 9.17) is 9.15 Å². The van der Waals surface area contributed by atoms with E-state index in [0.717, 1.165) is 0 Å². The Balaban J connectivity index is 2.33. The molecular weight excluding hydrogens is 196 g/mol. The van der Waals surface area contributed by atoms with Crippen LogP contribution in [-0.2, 0) is 11.3 Å². The fourth-order valence-electron chi connectivity index (χ4n) is 1.40. The van der Waals surface area contributed by atoms with Crippen molar-refractivity contribution in [3.8, 4) is 0 Å². The van der Waals surface area contributed by atoms with E-state index in [1.165, 1.54) is 4.57 Å². The zero-order valence-electron chi connectivity index (χ0n) is 8.47. The first-order valence-corrected chi connectivity index (χ1v) is 4.85. The number of oxazole rings is 1. The van der Waals surface area contributed by atoms with E-state index in [1.807, 2.05) is 6.92 Å². The van der Waals surface area contributed by atoms with Gasteiger partial charge in [0.15, 0.2) is 11.2 Å². The van der Waals surface area contributed by atoms with Gasteiger partial charge in [0.2, 0.25) is 0 Å². The van der Waals surface area contributed by atoms with Crippen molar-refractivity contribution < 1.29 is 9.15 Å². The molecule has 5 nitrogen and oxygen atoms in total. The van der Waals surface area contributed by atoms with Gasteiger partial charge in [-0.05, 0) is 19.1 Å². The lowest BCUT2D eigenvalue weighted by Crippen LogP contribution is -2.17. The Bertz CT molecular complexity index is 501. The van der Waals surface area contributed by atoms with Crippen LogP contribution in [0.25, 0.3) is 11.2 Å². The molecule has 2 aromatic heterocycles. The highest BCUT2D eigenvalue weighted by Crippen LogP contribution is 2.07. The number of rotatable bonds is 4. The van der Waals surface area contributed by atoms with Crippen molar-refractivity contribution in [2.24, 2.45) is 0 Å². The zero-order chi connectivity index (χ0) is 10.7. The van der Waals surface area contributed by atoms with Crippen molar-refractivity contribution in [3.05, 3.63) is 28.9 Å². The molecule has 0 bridgehead atoms. The van der Waals surface area contributed by atoms with E-state index in [-0.39, 0.29) is 5.76 Å². The summed E-state index contributed by atoms with van der Waals surface area (Å²) in [6.07, 6.45) is 1.63. The molecule has 15 heavy (non-hydrogen) atoms. The molecule has 0 aliphatic heterocycles. The average molecular weight is 208 g/mol. The van der Waals surface area contributed by atoms with E-state index in [2.05, 4.69) is 4.98 Å². The molecule has 0 aromatic carbocycles. The first kappa shape index (κ1) is 9.92. The van der Waals surface area contributed by atoms with E-state index >= 15 is 0 Å². The second-order valence-electron chi connectivity index (χ2n) is 3.04. The van der Waals surface area contributed by atoms with Gasteiger partial charge >= 0.3 is 5.76 Å². The zero-order valence-corrected chi connectivity index (χ0v) is 8.47. The molecule has 2 heterocycles. The molecule has 5 heteroatoms. The molecule has 0 saturated heterocycles. The van der Waals surface area contributed by atoms with Crippen molar-refractivity contribution in [1.29, 1.82) is 0 Å². The summed E-state index contributed by atoms with van der Waals surface area (Å²) < 4.78 is 11.7. The van der Waals surface area contributed by atoms with Gasteiger partial charge in [0, 0.05) is 12.8 Å². The molecule has 0 saturated carbocycles. The minimum atomic E-state index is -0.386. The summed E-state index contributed by atoms with van der Waals surface area (Å²) in [5.74, 6) is -0.386. The van der Waals surface area contributed by atoms with Crippen molar-refractivity contribution >= 4 is 11.2 Å². The van der Waals surface area contributed by atoms with Crippen molar-refractivity contribution in [3.63, 3.8) is 0 Å². The summed E-state index contributed by atoms with van der Waals surface area (Å²) in [7, 11) is 0. The maximum atomic E-state index is 11.4. The summed E-state index contributed by atoms with van der Waals surface area (Å²) >= 11 is 0. The summed E-state index contributed by atoms with van der Waals surface area (Å²) in [5, 5.41) is 0. The average Bonchev–Trinajstić information content (AvgIpc) is 2.56. The lowest BCUT2D eigenvalue weighted by Gasteiger charge is -2.00. The van der Waals surface area contributed by atoms with Crippen LogP contribution in [0, 0.1) is 0 Å². The Morgan fingerprint density at radius 2 is 2.47 bits per heavy atom. The number of fused-ring (bicyclic) bond motifs is 1. The Kier molecular flexibility index (Phi) is 2.82. The van der Waals surface area contributed by atoms with Crippen LogP contribution in [0.2, 0.25) is 0 Å². The lowest BCUT2D eigenvalue weighted by molar-refractivity contribution is 0.138. The summed E-state index contributed by atoms with van der Waals surface area (Å²) in [6.45, 7) is 3.50. The van der Waals surface area contributed by atoms with Gasteiger partial charge in [-0.15, -0.1) is 0 Å². The van der Waals surface area contributed by atoms with Gasteiger partial charge in [-0.25, -0.2) is 9.78 Å². The van der Waals surface area contributed by atoms with E-state index in [1.54, 1.807) is 18.3 Å². The van der Waals surface area contributed by atoms with Crippen LogP contribution >= 0.6 is 0 Å². The molecule has 0 spiro atoms. The summed E-state index contributed by atoms with van der Waals surface area (Å²) in [5.41, 5.74) is 1.08. The summed E-state index contributed by atoms with van der Waals surface area (Å²) in [4.78, 5) is 15.5. The van der Waals surface area contributed by atoms with Gasteiger partial charge in [-0.3, -0.25) is 4.57 Å². The molecule has 0 aliphatic carbocycles. The smallest absolute Gasteiger partial charge is 0.406 e. The summed E-state index contributed by atoms with van der Waals surface area (Å²) in [6, 6.07) is 3.46. The number of nitrogens with zero attached hydrogens (tertiary/aromatic N) is 2. The van der Waals surface area contributed by atoms with E-state index in [9.17, 15) is 4.79 Å². The minimum absolute atomic E-state index is 0.386. The standard InChI is InChI=1S/C10H12N2O3/c1-2-14-7-6-12-9-8(15-10(12)13)4-3-5-11-9/h3-5H,2,6-7H2,1H3. The molecule has 80 valence electrons. The molecule has 0 aliphatic rings. The van der Waals surface area contributed by atoms with Gasteiger partial charge in [-0.2, -0.15) is 0 Å². The molecule has 0 fully saturated rings. The highest BCUT2D eigenvalue weighted by atomic mass is 16.5.